The van der Waals surface area contributed by atoms with E-state index in [1.165, 1.54) is 37.7 Å². The topological polar surface area (TPSA) is 126 Å². The zero-order valence-corrected chi connectivity index (χ0v) is 21.9. The van der Waals surface area contributed by atoms with Gasteiger partial charge in [-0.25, -0.2) is 15.0 Å². The Morgan fingerprint density at radius 2 is 1.83 bits per heavy atom. The van der Waals surface area contributed by atoms with Crippen molar-refractivity contribution in [1.82, 2.24) is 14.9 Å². The van der Waals surface area contributed by atoms with Crippen LogP contribution in [0.3, 0.4) is 0 Å². The van der Waals surface area contributed by atoms with Gasteiger partial charge in [-0.1, -0.05) is 6.92 Å². The summed E-state index contributed by atoms with van der Waals surface area (Å²) in [6, 6.07) is 10.2. The van der Waals surface area contributed by atoms with Crippen LogP contribution in [0.15, 0.2) is 57.1 Å². The molecule has 2 aliphatic heterocycles. The minimum absolute atomic E-state index is 0.0122. The highest BCUT2D eigenvalue weighted by molar-refractivity contribution is 7.99. The van der Waals surface area contributed by atoms with Gasteiger partial charge in [0.05, 0.1) is 0 Å². The number of aromatic nitrogens is 2. The van der Waals surface area contributed by atoms with Crippen molar-refractivity contribution < 1.29 is 4.79 Å². The number of likely N-dealkylation sites (tertiary alicyclic amines) is 1. The molecule has 2 aliphatic rings. The predicted octanol–water partition coefficient (Wildman–Crippen LogP) is 3.89. The van der Waals surface area contributed by atoms with Gasteiger partial charge in [0.1, 0.15) is 11.7 Å². The summed E-state index contributed by atoms with van der Waals surface area (Å²) in [5, 5.41) is 3.46. The molecule has 0 atom stereocenters. The van der Waals surface area contributed by atoms with Gasteiger partial charge >= 0.3 is 0 Å². The van der Waals surface area contributed by atoms with Gasteiger partial charge in [-0.05, 0) is 87.8 Å². The number of piperidine rings is 1. The number of hydrogen-bond acceptors (Lipinski definition) is 8. The molecule has 9 nitrogen and oxygen atoms in total. The zero-order valence-electron chi connectivity index (χ0n) is 21.1. The van der Waals surface area contributed by atoms with E-state index in [-0.39, 0.29) is 5.91 Å². The standard InChI is InChI=1S/C26H36N8OS/c1-3-25(35)29-19-6-8-21(9-7-19)36-26-31-23(30-22(28)16-18(2)27)17-24(32-26)34-14-10-20(11-15-34)33-12-4-5-13-33/h6-9,16-17,20H,3-5,10-15,27H2,1-2H3,(H,29,35)(H2,28,30,31,32). The molecule has 1 amide bonds. The third-order valence-electron chi connectivity index (χ3n) is 6.41. The van der Waals surface area contributed by atoms with Crippen LogP contribution in [0.2, 0.25) is 0 Å². The first-order valence-electron chi connectivity index (χ1n) is 12.6. The average Bonchev–Trinajstić information content (AvgIpc) is 3.40. The van der Waals surface area contributed by atoms with Crippen LogP contribution in [0.25, 0.3) is 0 Å². The lowest BCUT2D eigenvalue weighted by Crippen LogP contribution is -2.44. The van der Waals surface area contributed by atoms with E-state index >= 15 is 0 Å². The fourth-order valence-electron chi connectivity index (χ4n) is 4.59. The number of allylic oxidation sites excluding steroid dienone is 1. The largest absolute Gasteiger partial charge is 0.402 e. The summed E-state index contributed by atoms with van der Waals surface area (Å²) in [4.78, 5) is 31.6. The van der Waals surface area contributed by atoms with Crippen molar-refractivity contribution in [2.24, 2.45) is 16.5 Å². The van der Waals surface area contributed by atoms with Gasteiger partial charge in [0.25, 0.3) is 0 Å². The fourth-order valence-corrected chi connectivity index (χ4v) is 5.35. The number of benzene rings is 1. The maximum absolute atomic E-state index is 11.7. The van der Waals surface area contributed by atoms with Crippen molar-refractivity contribution in [1.29, 1.82) is 0 Å². The molecular weight excluding hydrogens is 472 g/mol. The Morgan fingerprint density at radius 1 is 1.14 bits per heavy atom. The number of carbonyl (C=O) groups is 1. The van der Waals surface area contributed by atoms with Crippen LogP contribution in [-0.2, 0) is 4.79 Å². The summed E-state index contributed by atoms with van der Waals surface area (Å²) in [6.07, 6.45) is 6.97. The third kappa shape index (κ3) is 7.20. The average molecular weight is 509 g/mol. The summed E-state index contributed by atoms with van der Waals surface area (Å²) >= 11 is 1.46. The van der Waals surface area contributed by atoms with E-state index in [0.717, 1.165) is 42.3 Å². The molecule has 2 aromatic rings. The molecule has 1 aromatic heterocycles. The van der Waals surface area contributed by atoms with Crippen LogP contribution in [0.5, 0.6) is 0 Å². The number of hydrogen-bond donors (Lipinski definition) is 3. The molecule has 0 radical (unpaired) electrons. The molecular formula is C26H36N8OS. The Balaban J connectivity index is 1.53. The SMILES string of the molecule is CCC(=O)Nc1ccc(Sc2nc(N=C(N)C=C(C)N)cc(N3CCC(N4CCCC4)CC3)n2)cc1. The molecule has 0 unspecified atom stereocenters. The molecule has 192 valence electrons. The fraction of sp³-hybridized carbons (Fsp3) is 0.462. The van der Waals surface area contributed by atoms with Crippen LogP contribution < -0.4 is 21.7 Å². The van der Waals surface area contributed by atoms with Gasteiger partial charge in [-0.2, -0.15) is 0 Å². The quantitative estimate of drug-likeness (QED) is 0.279. The van der Waals surface area contributed by atoms with Crippen molar-refractivity contribution >= 4 is 40.8 Å². The Labute approximate surface area is 217 Å². The van der Waals surface area contributed by atoms with E-state index in [0.29, 0.717) is 35.0 Å². The monoisotopic (exact) mass is 508 g/mol. The molecule has 4 rings (SSSR count). The highest BCUT2D eigenvalue weighted by atomic mass is 32.2. The van der Waals surface area contributed by atoms with Crippen molar-refractivity contribution in [3.63, 3.8) is 0 Å². The maximum atomic E-state index is 11.7. The second kappa shape index (κ2) is 12.2. The van der Waals surface area contributed by atoms with Gasteiger partial charge in [-0.3, -0.25) is 4.79 Å². The van der Waals surface area contributed by atoms with E-state index in [1.807, 2.05) is 37.3 Å². The van der Waals surface area contributed by atoms with Crippen molar-refractivity contribution in [3.8, 4) is 0 Å². The Bertz CT molecular complexity index is 1100. The second-order valence-corrected chi connectivity index (χ2v) is 10.3. The lowest BCUT2D eigenvalue weighted by Gasteiger charge is -2.37. The number of rotatable bonds is 8. The third-order valence-corrected chi connectivity index (χ3v) is 7.28. The lowest BCUT2D eigenvalue weighted by atomic mass is 10.0. The molecule has 10 heteroatoms. The number of nitrogens with two attached hydrogens (primary N) is 2. The molecule has 0 spiro atoms. The minimum atomic E-state index is -0.0122. The number of amidine groups is 1. The van der Waals surface area contributed by atoms with Gasteiger partial charge in [0, 0.05) is 47.9 Å². The molecule has 2 saturated heterocycles. The highest BCUT2D eigenvalue weighted by Crippen LogP contribution is 2.31. The molecule has 3 heterocycles. The maximum Gasteiger partial charge on any atom is 0.224 e. The highest BCUT2D eigenvalue weighted by Gasteiger charge is 2.27. The number of anilines is 2. The van der Waals surface area contributed by atoms with Crippen LogP contribution >= 0.6 is 11.8 Å². The second-order valence-electron chi connectivity index (χ2n) is 9.28. The van der Waals surface area contributed by atoms with Gasteiger partial charge in [0.15, 0.2) is 11.0 Å². The first kappa shape index (κ1) is 26.0. The van der Waals surface area contributed by atoms with Crippen LogP contribution in [0.1, 0.15) is 46.0 Å². The minimum Gasteiger partial charge on any atom is -0.402 e. The number of nitrogens with one attached hydrogen (secondary N) is 1. The summed E-state index contributed by atoms with van der Waals surface area (Å²) < 4.78 is 0. The first-order chi connectivity index (χ1) is 17.4. The molecule has 0 bridgehead atoms. The van der Waals surface area contributed by atoms with E-state index < -0.39 is 0 Å². The summed E-state index contributed by atoms with van der Waals surface area (Å²) in [5.41, 5.74) is 13.2. The van der Waals surface area contributed by atoms with Gasteiger partial charge < -0.3 is 26.6 Å². The summed E-state index contributed by atoms with van der Waals surface area (Å²) in [6.45, 7) is 7.96. The molecule has 1 aromatic carbocycles. The van der Waals surface area contributed by atoms with Gasteiger partial charge in [0.2, 0.25) is 5.91 Å². The molecule has 36 heavy (non-hydrogen) atoms. The predicted molar refractivity (Wildman–Crippen MR) is 147 cm³/mol. The molecule has 0 saturated carbocycles. The van der Waals surface area contributed by atoms with Crippen molar-refractivity contribution in [2.45, 2.75) is 62.0 Å². The van der Waals surface area contributed by atoms with E-state index in [2.05, 4.69) is 25.1 Å². The van der Waals surface area contributed by atoms with Crippen LogP contribution in [0, 0.1) is 0 Å². The van der Waals surface area contributed by atoms with Crippen molar-refractivity contribution in [3.05, 3.63) is 42.1 Å². The number of amides is 1. The molecule has 2 fully saturated rings. The Morgan fingerprint density at radius 3 is 2.47 bits per heavy atom. The van der Waals surface area contributed by atoms with Crippen LogP contribution in [0.4, 0.5) is 17.3 Å². The van der Waals surface area contributed by atoms with Crippen molar-refractivity contribution in [2.75, 3.05) is 36.4 Å². The van der Waals surface area contributed by atoms with Gasteiger partial charge in [-0.15, -0.1) is 0 Å². The Kier molecular flexibility index (Phi) is 8.82. The number of aliphatic imine (C=N–C) groups is 1. The number of carbonyl (C=O) groups excluding carboxylic acids is 1. The lowest BCUT2D eigenvalue weighted by molar-refractivity contribution is -0.115. The van der Waals surface area contributed by atoms with E-state index in [4.69, 9.17) is 16.5 Å². The van der Waals surface area contributed by atoms with E-state index in [1.54, 1.807) is 13.0 Å². The number of nitrogens with zero attached hydrogens (tertiary/aromatic N) is 5. The molecule has 0 aliphatic carbocycles. The Hall–Kier alpha value is -3.11. The smallest absolute Gasteiger partial charge is 0.224 e. The van der Waals surface area contributed by atoms with Crippen LogP contribution in [-0.4, -0.2) is 58.8 Å². The summed E-state index contributed by atoms with van der Waals surface area (Å²) in [5.74, 6) is 1.66. The summed E-state index contributed by atoms with van der Waals surface area (Å²) in [7, 11) is 0. The first-order valence-corrected chi connectivity index (χ1v) is 13.4. The molecule has 5 N–H and O–H groups in total. The zero-order chi connectivity index (χ0) is 25.5. The van der Waals surface area contributed by atoms with E-state index in [9.17, 15) is 4.79 Å². The normalized spacial score (nSPS) is 18.0.